The SMILES string of the molecule is C[C@@H](O)[C@H](N)C(=O)N1CCC2(CC1)C(=O)NC(=O)N2Cc1ccccc1.Cl. The van der Waals surface area contributed by atoms with Crippen molar-refractivity contribution in [3.05, 3.63) is 35.9 Å². The monoisotopic (exact) mass is 396 g/mol. The van der Waals surface area contributed by atoms with Gasteiger partial charge in [0.25, 0.3) is 5.91 Å². The molecule has 2 saturated heterocycles. The Bertz CT molecular complexity index is 705. The molecule has 4 N–H and O–H groups in total. The Morgan fingerprint density at radius 3 is 2.41 bits per heavy atom. The van der Waals surface area contributed by atoms with Crippen LogP contribution in [0, 0.1) is 0 Å². The zero-order valence-corrected chi connectivity index (χ0v) is 15.9. The highest BCUT2D eigenvalue weighted by Crippen LogP contribution is 2.34. The van der Waals surface area contributed by atoms with Gasteiger partial charge in [-0.05, 0) is 25.3 Å². The van der Waals surface area contributed by atoms with Crippen LogP contribution in [-0.4, -0.2) is 63.5 Å². The van der Waals surface area contributed by atoms with Gasteiger partial charge in [-0.3, -0.25) is 14.9 Å². The Morgan fingerprint density at radius 2 is 1.85 bits per heavy atom. The average Bonchev–Trinajstić information content (AvgIpc) is 2.86. The van der Waals surface area contributed by atoms with E-state index in [1.807, 2.05) is 30.3 Å². The number of rotatable bonds is 4. The number of nitrogens with one attached hydrogen (secondary N) is 1. The standard InChI is InChI=1S/C18H24N4O4.ClH/c1-12(23)14(19)15(24)21-9-7-18(8-10-21)16(25)20-17(26)22(18)11-13-5-3-2-4-6-13;/h2-6,12,14,23H,7-11,19H2,1H3,(H,20,25,26);1H/t12-,14+;/m1./s1. The van der Waals surface area contributed by atoms with E-state index < -0.39 is 23.7 Å². The molecule has 1 aromatic rings. The molecule has 2 aliphatic rings. The molecule has 9 heteroatoms. The minimum absolute atomic E-state index is 0. The third-order valence-corrected chi connectivity index (χ3v) is 5.30. The summed E-state index contributed by atoms with van der Waals surface area (Å²) in [6.45, 7) is 2.43. The molecule has 2 atom stereocenters. The molecule has 0 aromatic heterocycles. The van der Waals surface area contributed by atoms with Gasteiger partial charge >= 0.3 is 6.03 Å². The molecule has 3 rings (SSSR count). The number of hydrogen-bond donors (Lipinski definition) is 3. The summed E-state index contributed by atoms with van der Waals surface area (Å²) in [4.78, 5) is 40.3. The smallest absolute Gasteiger partial charge is 0.325 e. The van der Waals surface area contributed by atoms with Crippen molar-refractivity contribution in [2.45, 2.75) is 44.0 Å². The molecule has 0 unspecified atom stereocenters. The molecule has 8 nitrogen and oxygen atoms in total. The minimum Gasteiger partial charge on any atom is -0.391 e. The van der Waals surface area contributed by atoms with Crippen LogP contribution in [0.4, 0.5) is 4.79 Å². The number of amides is 4. The number of hydrogen-bond acceptors (Lipinski definition) is 5. The molecule has 27 heavy (non-hydrogen) atoms. The van der Waals surface area contributed by atoms with E-state index >= 15 is 0 Å². The van der Waals surface area contributed by atoms with Gasteiger partial charge in [-0.25, -0.2) is 4.79 Å². The molecular weight excluding hydrogens is 372 g/mol. The van der Waals surface area contributed by atoms with Gasteiger partial charge in [0.05, 0.1) is 6.10 Å². The summed E-state index contributed by atoms with van der Waals surface area (Å²) >= 11 is 0. The van der Waals surface area contributed by atoms with Crippen molar-refractivity contribution >= 4 is 30.3 Å². The zero-order valence-electron chi connectivity index (χ0n) is 15.1. The van der Waals surface area contributed by atoms with E-state index in [9.17, 15) is 19.5 Å². The van der Waals surface area contributed by atoms with Crippen LogP contribution in [0.1, 0.15) is 25.3 Å². The van der Waals surface area contributed by atoms with Crippen molar-refractivity contribution in [1.29, 1.82) is 0 Å². The van der Waals surface area contributed by atoms with Gasteiger partial charge in [-0.1, -0.05) is 30.3 Å². The molecule has 2 fully saturated rings. The van der Waals surface area contributed by atoms with Gasteiger partial charge in [0, 0.05) is 19.6 Å². The number of halogens is 1. The Hall–Kier alpha value is -2.16. The van der Waals surface area contributed by atoms with E-state index in [1.54, 1.807) is 9.80 Å². The fourth-order valence-corrected chi connectivity index (χ4v) is 3.60. The highest BCUT2D eigenvalue weighted by molar-refractivity contribution is 6.07. The van der Waals surface area contributed by atoms with Crippen LogP contribution >= 0.6 is 12.4 Å². The fraction of sp³-hybridized carbons (Fsp3) is 0.500. The van der Waals surface area contributed by atoms with Crippen LogP contribution in [-0.2, 0) is 16.1 Å². The average molecular weight is 397 g/mol. The molecule has 0 saturated carbocycles. The lowest BCUT2D eigenvalue weighted by molar-refractivity contribution is -0.140. The highest BCUT2D eigenvalue weighted by Gasteiger charge is 2.54. The Morgan fingerprint density at radius 1 is 1.26 bits per heavy atom. The summed E-state index contributed by atoms with van der Waals surface area (Å²) < 4.78 is 0. The summed E-state index contributed by atoms with van der Waals surface area (Å²) in [7, 11) is 0. The number of carbonyl (C=O) groups is 3. The van der Waals surface area contributed by atoms with Crippen LogP contribution in [0.2, 0.25) is 0 Å². The summed E-state index contributed by atoms with van der Waals surface area (Å²) in [6.07, 6.45) is -0.255. The van der Waals surface area contributed by atoms with Gasteiger partial charge in [-0.15, -0.1) is 12.4 Å². The van der Waals surface area contributed by atoms with E-state index in [0.29, 0.717) is 32.5 Å². The third kappa shape index (κ3) is 3.92. The second kappa shape index (κ2) is 8.24. The number of piperidine rings is 1. The lowest BCUT2D eigenvalue weighted by Crippen LogP contribution is -2.59. The van der Waals surface area contributed by atoms with Crippen molar-refractivity contribution in [3.8, 4) is 0 Å². The lowest BCUT2D eigenvalue weighted by Gasteiger charge is -2.42. The first-order valence-corrected chi connectivity index (χ1v) is 8.74. The van der Waals surface area contributed by atoms with E-state index in [2.05, 4.69) is 5.32 Å². The van der Waals surface area contributed by atoms with Gasteiger partial charge in [0.1, 0.15) is 11.6 Å². The first-order chi connectivity index (χ1) is 12.3. The third-order valence-electron chi connectivity index (χ3n) is 5.30. The lowest BCUT2D eigenvalue weighted by atomic mass is 9.85. The highest BCUT2D eigenvalue weighted by atomic mass is 35.5. The number of benzene rings is 1. The molecule has 1 aromatic carbocycles. The maximum atomic E-state index is 12.5. The van der Waals surface area contributed by atoms with Crippen molar-refractivity contribution < 1.29 is 19.5 Å². The Labute approximate surface area is 164 Å². The van der Waals surface area contributed by atoms with Gasteiger partial charge < -0.3 is 20.6 Å². The number of carbonyl (C=O) groups excluding carboxylic acids is 3. The fourth-order valence-electron chi connectivity index (χ4n) is 3.60. The summed E-state index contributed by atoms with van der Waals surface area (Å²) in [5.74, 6) is -0.653. The van der Waals surface area contributed by atoms with Gasteiger partial charge in [0.2, 0.25) is 5.91 Å². The van der Waals surface area contributed by atoms with Crippen molar-refractivity contribution in [1.82, 2.24) is 15.1 Å². The number of nitrogens with zero attached hydrogens (tertiary/aromatic N) is 2. The largest absolute Gasteiger partial charge is 0.391 e. The number of likely N-dealkylation sites (tertiary alicyclic amines) is 1. The molecule has 148 valence electrons. The van der Waals surface area contributed by atoms with Crippen LogP contribution in [0.5, 0.6) is 0 Å². The number of urea groups is 1. The van der Waals surface area contributed by atoms with E-state index in [0.717, 1.165) is 5.56 Å². The van der Waals surface area contributed by atoms with Crippen LogP contribution in [0.3, 0.4) is 0 Å². The number of nitrogens with two attached hydrogens (primary N) is 1. The first kappa shape index (κ1) is 21.1. The van der Waals surface area contributed by atoms with Crippen LogP contribution in [0.25, 0.3) is 0 Å². The van der Waals surface area contributed by atoms with Crippen LogP contribution in [0.15, 0.2) is 30.3 Å². The van der Waals surface area contributed by atoms with Gasteiger partial charge in [-0.2, -0.15) is 0 Å². The molecule has 4 amide bonds. The van der Waals surface area contributed by atoms with Crippen molar-refractivity contribution in [3.63, 3.8) is 0 Å². The Balaban J connectivity index is 0.00000261. The Kier molecular flexibility index (Phi) is 6.46. The maximum Gasteiger partial charge on any atom is 0.325 e. The molecule has 2 aliphatic heterocycles. The van der Waals surface area contributed by atoms with Gasteiger partial charge in [0.15, 0.2) is 0 Å². The van der Waals surface area contributed by atoms with E-state index in [-0.39, 0.29) is 24.2 Å². The molecular formula is C18H25ClN4O4. The molecule has 0 aliphatic carbocycles. The van der Waals surface area contributed by atoms with E-state index in [4.69, 9.17) is 5.73 Å². The zero-order chi connectivity index (χ0) is 18.9. The van der Waals surface area contributed by atoms with Crippen molar-refractivity contribution in [2.75, 3.05) is 13.1 Å². The second-order valence-corrected chi connectivity index (χ2v) is 6.95. The second-order valence-electron chi connectivity index (χ2n) is 6.95. The number of aliphatic hydroxyl groups excluding tert-OH is 1. The summed E-state index contributed by atoms with van der Waals surface area (Å²) in [5.41, 5.74) is 5.72. The molecule has 2 heterocycles. The summed E-state index contributed by atoms with van der Waals surface area (Å²) in [6, 6.07) is 8.09. The molecule has 0 bridgehead atoms. The predicted octanol–water partition coefficient (Wildman–Crippen LogP) is 0.230. The normalized spacial score (nSPS) is 20.9. The van der Waals surface area contributed by atoms with Crippen LogP contribution < -0.4 is 11.1 Å². The predicted molar refractivity (Wildman–Crippen MR) is 101 cm³/mol. The summed E-state index contributed by atoms with van der Waals surface area (Å²) in [5, 5.41) is 11.9. The number of aliphatic hydroxyl groups is 1. The topological polar surface area (TPSA) is 116 Å². The first-order valence-electron chi connectivity index (χ1n) is 8.74. The molecule has 1 spiro atoms. The number of imide groups is 1. The minimum atomic E-state index is -0.983. The van der Waals surface area contributed by atoms with Crippen molar-refractivity contribution in [2.24, 2.45) is 5.73 Å². The van der Waals surface area contributed by atoms with E-state index in [1.165, 1.54) is 6.92 Å². The maximum absolute atomic E-state index is 12.5. The quantitative estimate of drug-likeness (QED) is 0.630. The molecule has 0 radical (unpaired) electrons.